The summed E-state index contributed by atoms with van der Waals surface area (Å²) in [5.74, 6) is 0.132. The van der Waals surface area contributed by atoms with Crippen molar-refractivity contribution in [1.29, 1.82) is 0 Å². The summed E-state index contributed by atoms with van der Waals surface area (Å²) in [6.45, 7) is 3.94. The molecule has 6 heteroatoms. The quantitative estimate of drug-likeness (QED) is 0.887. The molecule has 1 aromatic carbocycles. The lowest BCUT2D eigenvalue weighted by Gasteiger charge is -2.41. The molecule has 2 N–H and O–H groups in total. The van der Waals surface area contributed by atoms with Crippen LogP contribution in [0.4, 0.5) is 0 Å². The van der Waals surface area contributed by atoms with Crippen molar-refractivity contribution in [3.63, 3.8) is 0 Å². The van der Waals surface area contributed by atoms with Crippen LogP contribution >= 0.6 is 23.2 Å². The summed E-state index contributed by atoms with van der Waals surface area (Å²) in [7, 11) is 0. The van der Waals surface area contributed by atoms with Gasteiger partial charge >= 0.3 is 0 Å². The van der Waals surface area contributed by atoms with Crippen LogP contribution in [0, 0.1) is 0 Å². The Morgan fingerprint density at radius 1 is 1.12 bits per heavy atom. The number of hydrogen-bond donors (Lipinski definition) is 1. The molecule has 0 saturated carbocycles. The van der Waals surface area contributed by atoms with E-state index in [0.717, 1.165) is 44.6 Å². The maximum absolute atomic E-state index is 12.9. The van der Waals surface area contributed by atoms with Gasteiger partial charge in [-0.15, -0.1) is 0 Å². The summed E-state index contributed by atoms with van der Waals surface area (Å²) < 4.78 is 0. The summed E-state index contributed by atoms with van der Waals surface area (Å²) in [5, 5.41) is 1.01. The summed E-state index contributed by atoms with van der Waals surface area (Å²) in [5.41, 5.74) is 7.26. The van der Waals surface area contributed by atoms with Gasteiger partial charge in [0.1, 0.15) is 0 Å². The van der Waals surface area contributed by atoms with Gasteiger partial charge in [-0.05, 0) is 56.5 Å². The summed E-state index contributed by atoms with van der Waals surface area (Å²) in [6, 6.07) is 5.58. The molecule has 2 atom stereocenters. The Morgan fingerprint density at radius 2 is 1.88 bits per heavy atom. The van der Waals surface area contributed by atoms with Crippen LogP contribution in [-0.2, 0) is 11.2 Å². The van der Waals surface area contributed by atoms with E-state index in [0.29, 0.717) is 16.5 Å². The highest BCUT2D eigenvalue weighted by atomic mass is 35.5. The molecule has 0 radical (unpaired) electrons. The van der Waals surface area contributed by atoms with Gasteiger partial charge < -0.3 is 15.5 Å². The van der Waals surface area contributed by atoms with Crippen molar-refractivity contribution in [1.82, 2.24) is 9.80 Å². The predicted molar refractivity (Wildman–Crippen MR) is 98.6 cm³/mol. The molecule has 2 saturated heterocycles. The third-order valence-corrected chi connectivity index (χ3v) is 5.87. The Kier molecular flexibility index (Phi) is 6.03. The Balaban J connectivity index is 1.68. The van der Waals surface area contributed by atoms with Gasteiger partial charge in [-0.25, -0.2) is 0 Å². The number of nitrogens with zero attached hydrogens (tertiary/aromatic N) is 2. The molecule has 132 valence electrons. The number of amides is 1. The SMILES string of the molecule is NC1CCCN(C(=O)Cc2ccc(Cl)c(Cl)c2)C1CN1CCCC1. The molecule has 1 amide bonds. The van der Waals surface area contributed by atoms with Crippen molar-refractivity contribution in [2.75, 3.05) is 26.2 Å². The second-order valence-electron chi connectivity index (χ2n) is 6.89. The number of benzene rings is 1. The van der Waals surface area contributed by atoms with E-state index in [-0.39, 0.29) is 18.0 Å². The van der Waals surface area contributed by atoms with E-state index >= 15 is 0 Å². The molecule has 4 nitrogen and oxygen atoms in total. The summed E-state index contributed by atoms with van der Waals surface area (Å²) in [6.07, 6.45) is 4.82. The third-order valence-electron chi connectivity index (χ3n) is 5.13. The van der Waals surface area contributed by atoms with Crippen LogP contribution < -0.4 is 5.73 Å². The lowest BCUT2D eigenvalue weighted by Crippen LogP contribution is -2.58. The monoisotopic (exact) mass is 369 g/mol. The minimum Gasteiger partial charge on any atom is -0.337 e. The molecule has 2 aliphatic rings. The van der Waals surface area contributed by atoms with Crippen LogP contribution in [-0.4, -0.2) is 54.0 Å². The first kappa shape index (κ1) is 18.0. The standard InChI is InChI=1S/C18H25Cl2N3O/c19-14-6-5-13(10-15(14)20)11-18(24)23-9-3-4-16(21)17(23)12-22-7-1-2-8-22/h5-6,10,16-17H,1-4,7-9,11-12,21H2. The van der Waals surface area contributed by atoms with Crippen molar-refractivity contribution in [2.24, 2.45) is 5.73 Å². The average Bonchev–Trinajstić information content (AvgIpc) is 3.06. The van der Waals surface area contributed by atoms with E-state index in [9.17, 15) is 4.79 Å². The highest BCUT2D eigenvalue weighted by molar-refractivity contribution is 6.42. The number of likely N-dealkylation sites (tertiary alicyclic amines) is 2. The van der Waals surface area contributed by atoms with Gasteiger partial charge in [-0.2, -0.15) is 0 Å². The van der Waals surface area contributed by atoms with Crippen molar-refractivity contribution in [3.05, 3.63) is 33.8 Å². The molecule has 2 heterocycles. The molecule has 3 rings (SSSR count). The van der Waals surface area contributed by atoms with Crippen LogP contribution in [0.25, 0.3) is 0 Å². The van der Waals surface area contributed by atoms with E-state index in [2.05, 4.69) is 4.90 Å². The predicted octanol–water partition coefficient (Wildman–Crippen LogP) is 2.95. The number of nitrogens with two attached hydrogens (primary N) is 1. The van der Waals surface area contributed by atoms with Gasteiger partial charge in [0.25, 0.3) is 0 Å². The van der Waals surface area contributed by atoms with Gasteiger partial charge in [-0.1, -0.05) is 29.3 Å². The first-order chi connectivity index (χ1) is 11.5. The molecule has 2 fully saturated rings. The zero-order valence-electron chi connectivity index (χ0n) is 13.9. The van der Waals surface area contributed by atoms with E-state index in [1.165, 1.54) is 12.8 Å². The summed E-state index contributed by atoms with van der Waals surface area (Å²) in [4.78, 5) is 17.3. The molecular weight excluding hydrogens is 345 g/mol. The normalized spacial score (nSPS) is 25.2. The molecule has 1 aromatic rings. The first-order valence-corrected chi connectivity index (χ1v) is 9.51. The van der Waals surface area contributed by atoms with E-state index in [1.807, 2.05) is 11.0 Å². The van der Waals surface area contributed by atoms with Gasteiger partial charge in [0, 0.05) is 19.1 Å². The molecule has 0 spiro atoms. The van der Waals surface area contributed by atoms with Crippen molar-refractivity contribution in [3.8, 4) is 0 Å². The maximum Gasteiger partial charge on any atom is 0.227 e. The summed E-state index contributed by atoms with van der Waals surface area (Å²) >= 11 is 12.0. The maximum atomic E-state index is 12.9. The van der Waals surface area contributed by atoms with Crippen LogP contribution in [0.2, 0.25) is 10.0 Å². The van der Waals surface area contributed by atoms with E-state index < -0.39 is 0 Å². The minimum absolute atomic E-state index is 0.0668. The van der Waals surface area contributed by atoms with Crippen LogP contribution in [0.3, 0.4) is 0 Å². The molecule has 0 bridgehead atoms. The fourth-order valence-corrected chi connectivity index (χ4v) is 4.11. The largest absolute Gasteiger partial charge is 0.337 e. The Bertz CT molecular complexity index is 590. The topological polar surface area (TPSA) is 49.6 Å². The molecular formula is C18H25Cl2N3O. The smallest absolute Gasteiger partial charge is 0.227 e. The third kappa shape index (κ3) is 4.23. The van der Waals surface area contributed by atoms with Gasteiger partial charge in [0.05, 0.1) is 22.5 Å². The van der Waals surface area contributed by atoms with Gasteiger partial charge in [0.2, 0.25) is 5.91 Å². The lowest BCUT2D eigenvalue weighted by atomic mass is 9.95. The Hall–Kier alpha value is -0.810. The first-order valence-electron chi connectivity index (χ1n) is 8.76. The fraction of sp³-hybridized carbons (Fsp3) is 0.611. The molecule has 2 aliphatic heterocycles. The van der Waals surface area contributed by atoms with Crippen LogP contribution in [0.1, 0.15) is 31.2 Å². The van der Waals surface area contributed by atoms with Gasteiger partial charge in [-0.3, -0.25) is 4.79 Å². The number of hydrogen-bond acceptors (Lipinski definition) is 3. The van der Waals surface area contributed by atoms with Gasteiger partial charge in [0.15, 0.2) is 0 Å². The van der Waals surface area contributed by atoms with Crippen molar-refractivity contribution < 1.29 is 4.79 Å². The van der Waals surface area contributed by atoms with Crippen LogP contribution in [0.15, 0.2) is 18.2 Å². The Morgan fingerprint density at radius 3 is 2.58 bits per heavy atom. The molecule has 0 aliphatic carbocycles. The molecule has 24 heavy (non-hydrogen) atoms. The zero-order valence-corrected chi connectivity index (χ0v) is 15.4. The second-order valence-corrected chi connectivity index (χ2v) is 7.71. The zero-order chi connectivity index (χ0) is 17.1. The number of halogens is 2. The lowest BCUT2D eigenvalue weighted by molar-refractivity contribution is -0.135. The van der Waals surface area contributed by atoms with Crippen LogP contribution in [0.5, 0.6) is 0 Å². The minimum atomic E-state index is 0.0668. The van der Waals surface area contributed by atoms with Crippen molar-refractivity contribution in [2.45, 2.75) is 44.2 Å². The average molecular weight is 370 g/mol. The van der Waals surface area contributed by atoms with E-state index in [4.69, 9.17) is 28.9 Å². The highest BCUT2D eigenvalue weighted by Crippen LogP contribution is 2.24. The second kappa shape index (κ2) is 8.05. The number of rotatable bonds is 4. The number of carbonyl (C=O) groups is 1. The molecule has 2 unspecified atom stereocenters. The fourth-order valence-electron chi connectivity index (χ4n) is 3.79. The Labute approximate surface area is 153 Å². The number of carbonyl (C=O) groups excluding carboxylic acids is 1. The molecule has 0 aromatic heterocycles. The highest BCUT2D eigenvalue weighted by Gasteiger charge is 2.33. The number of piperidine rings is 1. The van der Waals surface area contributed by atoms with Crippen molar-refractivity contribution >= 4 is 29.1 Å². The van der Waals surface area contributed by atoms with E-state index in [1.54, 1.807) is 12.1 Å².